The van der Waals surface area contributed by atoms with Crippen LogP contribution in [0, 0.1) is 17.3 Å². The minimum atomic E-state index is -0.449. The van der Waals surface area contributed by atoms with E-state index >= 15 is 0 Å². The summed E-state index contributed by atoms with van der Waals surface area (Å²) in [4.78, 5) is 21.9. The largest absolute Gasteiger partial charge is 0.350 e. The van der Waals surface area contributed by atoms with Crippen LogP contribution in [0.3, 0.4) is 0 Å². The van der Waals surface area contributed by atoms with Crippen LogP contribution in [0.4, 0.5) is 0 Å². The SMILES string of the molecule is CC1(C)C(=O)OOC1(C1CC1)C1CC1. The van der Waals surface area contributed by atoms with Crippen LogP contribution in [0.25, 0.3) is 0 Å². The van der Waals surface area contributed by atoms with Gasteiger partial charge >= 0.3 is 5.97 Å². The van der Waals surface area contributed by atoms with Crippen molar-refractivity contribution in [3.05, 3.63) is 0 Å². The van der Waals surface area contributed by atoms with Gasteiger partial charge in [-0.3, -0.25) is 4.89 Å². The van der Waals surface area contributed by atoms with Crippen molar-refractivity contribution in [1.29, 1.82) is 0 Å². The molecule has 78 valence electrons. The van der Waals surface area contributed by atoms with E-state index < -0.39 is 5.41 Å². The van der Waals surface area contributed by atoms with E-state index in [0.717, 1.165) is 0 Å². The first-order valence-electron chi connectivity index (χ1n) is 5.49. The van der Waals surface area contributed by atoms with Crippen LogP contribution in [0.2, 0.25) is 0 Å². The second kappa shape index (κ2) is 2.32. The van der Waals surface area contributed by atoms with Gasteiger partial charge in [0, 0.05) is 0 Å². The number of rotatable bonds is 2. The van der Waals surface area contributed by atoms with Crippen molar-refractivity contribution in [2.75, 3.05) is 0 Å². The molecule has 0 unspecified atom stereocenters. The number of hydrogen-bond donors (Lipinski definition) is 0. The van der Waals surface area contributed by atoms with E-state index in [9.17, 15) is 4.79 Å². The van der Waals surface area contributed by atoms with Crippen LogP contribution in [0.1, 0.15) is 39.5 Å². The molecule has 2 aliphatic carbocycles. The summed E-state index contributed by atoms with van der Waals surface area (Å²) in [7, 11) is 0. The summed E-state index contributed by atoms with van der Waals surface area (Å²) < 4.78 is 0. The Labute approximate surface area is 83.7 Å². The van der Waals surface area contributed by atoms with Crippen LogP contribution < -0.4 is 0 Å². The average Bonchev–Trinajstić information content (AvgIpc) is 2.99. The van der Waals surface area contributed by atoms with Crippen molar-refractivity contribution in [3.63, 3.8) is 0 Å². The van der Waals surface area contributed by atoms with E-state index in [1.54, 1.807) is 0 Å². The van der Waals surface area contributed by atoms with Gasteiger partial charge in [-0.05, 0) is 51.4 Å². The third kappa shape index (κ3) is 0.842. The molecule has 0 amide bonds. The van der Waals surface area contributed by atoms with Crippen LogP contribution in [0.15, 0.2) is 0 Å². The summed E-state index contributed by atoms with van der Waals surface area (Å²) in [5.41, 5.74) is -0.737. The smallest absolute Gasteiger partial charge is 0.297 e. The van der Waals surface area contributed by atoms with Gasteiger partial charge in [-0.1, -0.05) is 0 Å². The van der Waals surface area contributed by atoms with Gasteiger partial charge in [0.25, 0.3) is 0 Å². The van der Waals surface area contributed by atoms with E-state index in [2.05, 4.69) is 0 Å². The molecule has 14 heavy (non-hydrogen) atoms. The second-order valence-electron chi connectivity index (χ2n) is 5.42. The zero-order valence-corrected chi connectivity index (χ0v) is 8.71. The van der Waals surface area contributed by atoms with Gasteiger partial charge in [-0.2, -0.15) is 4.89 Å². The van der Waals surface area contributed by atoms with Crippen molar-refractivity contribution < 1.29 is 14.6 Å². The molecular formula is C11H16O3. The predicted octanol–water partition coefficient (Wildman–Crippen LogP) is 2.06. The average molecular weight is 196 g/mol. The standard InChI is InChI=1S/C11H16O3/c1-10(2)9(12)13-14-11(10,7-3-4-7)8-5-6-8/h7-8H,3-6H2,1-2H3. The Bertz CT molecular complexity index is 275. The molecule has 3 nitrogen and oxygen atoms in total. The maximum absolute atomic E-state index is 11.6. The van der Waals surface area contributed by atoms with E-state index in [-0.39, 0.29) is 11.6 Å². The van der Waals surface area contributed by atoms with E-state index in [0.29, 0.717) is 11.8 Å². The van der Waals surface area contributed by atoms with Gasteiger partial charge < -0.3 is 0 Å². The third-order valence-electron chi connectivity index (χ3n) is 4.11. The van der Waals surface area contributed by atoms with Crippen molar-refractivity contribution in [1.82, 2.24) is 0 Å². The van der Waals surface area contributed by atoms with Crippen molar-refractivity contribution >= 4 is 5.97 Å². The van der Waals surface area contributed by atoms with Gasteiger partial charge in [-0.15, -0.1) is 0 Å². The Morgan fingerprint density at radius 2 is 1.64 bits per heavy atom. The Hall–Kier alpha value is -0.570. The molecule has 0 radical (unpaired) electrons. The quantitative estimate of drug-likeness (QED) is 0.634. The van der Waals surface area contributed by atoms with Gasteiger partial charge in [0.15, 0.2) is 0 Å². The van der Waals surface area contributed by atoms with Crippen molar-refractivity contribution in [2.45, 2.75) is 45.1 Å². The third-order valence-corrected chi connectivity index (χ3v) is 4.11. The molecule has 1 heterocycles. The molecule has 0 aromatic rings. The van der Waals surface area contributed by atoms with E-state index in [1.165, 1.54) is 25.7 Å². The lowest BCUT2D eigenvalue weighted by Crippen LogP contribution is -2.48. The topological polar surface area (TPSA) is 35.5 Å². The Balaban J connectivity index is 2.02. The highest BCUT2D eigenvalue weighted by Crippen LogP contribution is 2.63. The monoisotopic (exact) mass is 196 g/mol. The maximum Gasteiger partial charge on any atom is 0.350 e. The number of carbonyl (C=O) groups is 1. The molecule has 0 atom stereocenters. The van der Waals surface area contributed by atoms with Crippen LogP contribution in [-0.2, 0) is 14.6 Å². The van der Waals surface area contributed by atoms with E-state index in [1.807, 2.05) is 13.8 Å². The molecule has 0 N–H and O–H groups in total. The Kier molecular flexibility index (Phi) is 1.45. The van der Waals surface area contributed by atoms with Crippen molar-refractivity contribution in [3.8, 4) is 0 Å². The molecule has 0 aromatic carbocycles. The molecule has 0 spiro atoms. The highest BCUT2D eigenvalue weighted by Gasteiger charge is 2.71. The molecule has 1 saturated heterocycles. The summed E-state index contributed by atoms with van der Waals surface area (Å²) in [5, 5.41) is 0. The Morgan fingerprint density at radius 3 is 1.93 bits per heavy atom. The molecule has 3 fully saturated rings. The number of hydrogen-bond acceptors (Lipinski definition) is 3. The highest BCUT2D eigenvalue weighted by molar-refractivity contribution is 5.79. The molecule has 3 aliphatic rings. The fourth-order valence-electron chi connectivity index (χ4n) is 2.99. The lowest BCUT2D eigenvalue weighted by molar-refractivity contribution is -0.311. The van der Waals surface area contributed by atoms with Crippen LogP contribution in [0.5, 0.6) is 0 Å². The maximum atomic E-state index is 11.6. The molecular weight excluding hydrogens is 180 g/mol. The molecule has 1 aliphatic heterocycles. The lowest BCUT2D eigenvalue weighted by Gasteiger charge is -2.34. The molecule has 3 rings (SSSR count). The summed E-state index contributed by atoms with van der Waals surface area (Å²) in [6, 6.07) is 0. The first kappa shape index (κ1) is 8.72. The van der Waals surface area contributed by atoms with Gasteiger partial charge in [-0.25, -0.2) is 4.79 Å². The van der Waals surface area contributed by atoms with Gasteiger partial charge in [0.1, 0.15) is 5.60 Å². The summed E-state index contributed by atoms with van der Waals surface area (Å²) in [5.74, 6) is 0.921. The minimum Gasteiger partial charge on any atom is -0.297 e. The number of carbonyl (C=O) groups excluding carboxylic acids is 1. The summed E-state index contributed by atoms with van der Waals surface area (Å²) in [6.07, 6.45) is 4.76. The fourth-order valence-corrected chi connectivity index (χ4v) is 2.99. The molecule has 0 aromatic heterocycles. The van der Waals surface area contributed by atoms with Gasteiger partial charge in [0.2, 0.25) is 0 Å². The van der Waals surface area contributed by atoms with Crippen molar-refractivity contribution in [2.24, 2.45) is 17.3 Å². The second-order valence-corrected chi connectivity index (χ2v) is 5.42. The molecule has 3 heteroatoms. The zero-order valence-electron chi connectivity index (χ0n) is 8.71. The lowest BCUT2D eigenvalue weighted by atomic mass is 9.69. The van der Waals surface area contributed by atoms with Crippen LogP contribution >= 0.6 is 0 Å². The normalized spacial score (nSPS) is 34.3. The Morgan fingerprint density at radius 1 is 1.14 bits per heavy atom. The fraction of sp³-hybridized carbons (Fsp3) is 0.909. The molecule has 2 saturated carbocycles. The van der Waals surface area contributed by atoms with Crippen LogP contribution in [-0.4, -0.2) is 11.6 Å². The molecule has 0 bridgehead atoms. The minimum absolute atomic E-state index is 0.184. The summed E-state index contributed by atoms with van der Waals surface area (Å²) >= 11 is 0. The highest BCUT2D eigenvalue weighted by atomic mass is 17.2. The summed E-state index contributed by atoms with van der Waals surface area (Å²) in [6.45, 7) is 3.94. The first-order chi connectivity index (χ1) is 6.59. The zero-order chi connectivity index (χ0) is 9.97. The predicted molar refractivity (Wildman–Crippen MR) is 49.1 cm³/mol. The van der Waals surface area contributed by atoms with Gasteiger partial charge in [0.05, 0.1) is 5.41 Å². The first-order valence-corrected chi connectivity index (χ1v) is 5.49. The van der Waals surface area contributed by atoms with E-state index in [4.69, 9.17) is 9.78 Å².